The molecule has 2 N–H and O–H groups in total. The Morgan fingerprint density at radius 2 is 1.66 bits per heavy atom. The number of benzene rings is 3. The Bertz CT molecular complexity index is 1250. The van der Waals surface area contributed by atoms with E-state index in [0.29, 0.717) is 22.5 Å². The van der Waals surface area contributed by atoms with Crippen LogP contribution in [0.1, 0.15) is 15.9 Å². The number of aromatic nitrogens is 4. The number of nitrogens with zero attached hydrogens (tertiary/aromatic N) is 4. The number of rotatable bonds is 6. The SMILES string of the molecule is Cc1ccc(NC(=O)Cn2nnc(-c3ccccc3NC(=O)c3ccc(F)cc3)n2)cc1. The molecular weight excluding hydrogens is 411 g/mol. The average Bonchev–Trinajstić information content (AvgIpc) is 3.24. The molecule has 0 fully saturated rings. The highest BCUT2D eigenvalue weighted by molar-refractivity contribution is 6.06. The number of amides is 2. The van der Waals surface area contributed by atoms with Gasteiger partial charge in [-0.2, -0.15) is 4.80 Å². The van der Waals surface area contributed by atoms with E-state index in [1.165, 1.54) is 29.1 Å². The van der Waals surface area contributed by atoms with Crippen LogP contribution in [0.3, 0.4) is 0 Å². The molecule has 8 nitrogen and oxygen atoms in total. The number of carbonyl (C=O) groups excluding carboxylic acids is 2. The lowest BCUT2D eigenvalue weighted by atomic mass is 10.1. The van der Waals surface area contributed by atoms with Crippen LogP contribution in [-0.2, 0) is 11.3 Å². The first-order chi connectivity index (χ1) is 15.5. The summed E-state index contributed by atoms with van der Waals surface area (Å²) in [5, 5.41) is 17.8. The average molecular weight is 430 g/mol. The molecule has 0 saturated carbocycles. The van der Waals surface area contributed by atoms with Gasteiger partial charge >= 0.3 is 0 Å². The van der Waals surface area contributed by atoms with Crippen LogP contribution >= 0.6 is 0 Å². The van der Waals surface area contributed by atoms with E-state index in [2.05, 4.69) is 26.0 Å². The molecular formula is C23H19FN6O2. The van der Waals surface area contributed by atoms with E-state index in [4.69, 9.17) is 0 Å². The molecule has 0 aliphatic carbocycles. The number of anilines is 2. The fraction of sp³-hybridized carbons (Fsp3) is 0.0870. The Balaban J connectivity index is 1.47. The summed E-state index contributed by atoms with van der Waals surface area (Å²) in [4.78, 5) is 26.0. The molecule has 0 bridgehead atoms. The second kappa shape index (κ2) is 9.17. The number of para-hydroxylation sites is 1. The van der Waals surface area contributed by atoms with Gasteiger partial charge in [0.2, 0.25) is 11.7 Å². The van der Waals surface area contributed by atoms with Crippen LogP contribution in [-0.4, -0.2) is 32.0 Å². The van der Waals surface area contributed by atoms with Gasteiger partial charge in [0.25, 0.3) is 5.91 Å². The second-order valence-electron chi connectivity index (χ2n) is 7.06. The molecule has 0 saturated heterocycles. The zero-order valence-electron chi connectivity index (χ0n) is 17.1. The maximum absolute atomic E-state index is 13.1. The van der Waals surface area contributed by atoms with Crippen molar-refractivity contribution in [2.24, 2.45) is 0 Å². The first kappa shape index (κ1) is 20.9. The van der Waals surface area contributed by atoms with Gasteiger partial charge in [0.1, 0.15) is 12.4 Å². The molecule has 32 heavy (non-hydrogen) atoms. The minimum atomic E-state index is -0.422. The van der Waals surface area contributed by atoms with E-state index >= 15 is 0 Å². The van der Waals surface area contributed by atoms with E-state index in [1.807, 2.05) is 31.2 Å². The van der Waals surface area contributed by atoms with Gasteiger partial charge in [-0.3, -0.25) is 9.59 Å². The molecule has 0 aliphatic rings. The van der Waals surface area contributed by atoms with Crippen LogP contribution in [0.15, 0.2) is 72.8 Å². The highest BCUT2D eigenvalue weighted by atomic mass is 19.1. The van der Waals surface area contributed by atoms with Crippen molar-refractivity contribution in [1.29, 1.82) is 0 Å². The number of halogens is 1. The van der Waals surface area contributed by atoms with Gasteiger partial charge in [-0.15, -0.1) is 10.2 Å². The van der Waals surface area contributed by atoms with Crippen LogP contribution < -0.4 is 10.6 Å². The first-order valence-electron chi connectivity index (χ1n) is 9.78. The fourth-order valence-electron chi connectivity index (χ4n) is 2.97. The Morgan fingerprint density at radius 1 is 0.938 bits per heavy atom. The molecule has 4 rings (SSSR count). The fourth-order valence-corrected chi connectivity index (χ4v) is 2.97. The van der Waals surface area contributed by atoms with E-state index in [-0.39, 0.29) is 18.3 Å². The number of hydrogen-bond acceptors (Lipinski definition) is 5. The van der Waals surface area contributed by atoms with Crippen LogP contribution in [0.2, 0.25) is 0 Å². The third-order valence-electron chi connectivity index (χ3n) is 4.60. The maximum Gasteiger partial charge on any atom is 0.255 e. The molecule has 2 amide bonds. The standard InChI is InChI=1S/C23H19FN6O2/c1-15-6-12-18(13-7-15)25-21(31)14-30-28-22(27-29-30)19-4-2-3-5-20(19)26-23(32)16-8-10-17(24)11-9-16/h2-13H,14H2,1H3,(H,25,31)(H,26,32). The molecule has 160 valence electrons. The topological polar surface area (TPSA) is 102 Å². The van der Waals surface area contributed by atoms with Gasteiger partial charge in [0.15, 0.2) is 0 Å². The lowest BCUT2D eigenvalue weighted by molar-refractivity contribution is -0.117. The van der Waals surface area contributed by atoms with E-state index in [9.17, 15) is 14.0 Å². The molecule has 0 radical (unpaired) electrons. The number of hydrogen-bond donors (Lipinski definition) is 2. The van der Waals surface area contributed by atoms with Gasteiger partial charge in [0, 0.05) is 16.8 Å². The van der Waals surface area contributed by atoms with Crippen molar-refractivity contribution in [3.63, 3.8) is 0 Å². The zero-order valence-corrected chi connectivity index (χ0v) is 17.1. The third-order valence-corrected chi connectivity index (χ3v) is 4.60. The van der Waals surface area contributed by atoms with Gasteiger partial charge in [0.05, 0.1) is 5.69 Å². The van der Waals surface area contributed by atoms with Crippen molar-refractivity contribution in [2.75, 3.05) is 10.6 Å². The van der Waals surface area contributed by atoms with Crippen LogP contribution in [0.4, 0.5) is 15.8 Å². The van der Waals surface area contributed by atoms with Crippen molar-refractivity contribution in [3.8, 4) is 11.4 Å². The highest BCUT2D eigenvalue weighted by Crippen LogP contribution is 2.25. The quantitative estimate of drug-likeness (QED) is 0.486. The number of tetrazole rings is 1. The third kappa shape index (κ3) is 5.01. The largest absolute Gasteiger partial charge is 0.324 e. The smallest absolute Gasteiger partial charge is 0.255 e. The number of aryl methyl sites for hydroxylation is 1. The predicted molar refractivity (Wildman–Crippen MR) is 117 cm³/mol. The molecule has 0 spiro atoms. The lowest BCUT2D eigenvalue weighted by Crippen LogP contribution is -2.20. The van der Waals surface area contributed by atoms with E-state index < -0.39 is 11.7 Å². The molecule has 0 aliphatic heterocycles. The predicted octanol–water partition coefficient (Wildman–Crippen LogP) is 3.68. The number of carbonyl (C=O) groups is 2. The molecule has 9 heteroatoms. The van der Waals surface area contributed by atoms with Crippen LogP contribution in [0, 0.1) is 12.7 Å². The van der Waals surface area contributed by atoms with Crippen molar-refractivity contribution in [1.82, 2.24) is 20.2 Å². The summed E-state index contributed by atoms with van der Waals surface area (Å²) < 4.78 is 13.1. The summed E-state index contributed by atoms with van der Waals surface area (Å²) >= 11 is 0. The van der Waals surface area contributed by atoms with Crippen molar-refractivity contribution >= 4 is 23.2 Å². The minimum Gasteiger partial charge on any atom is -0.324 e. The number of nitrogens with one attached hydrogen (secondary N) is 2. The van der Waals surface area contributed by atoms with Crippen molar-refractivity contribution < 1.29 is 14.0 Å². The monoisotopic (exact) mass is 430 g/mol. The molecule has 1 heterocycles. The minimum absolute atomic E-state index is 0.120. The van der Waals surface area contributed by atoms with Crippen molar-refractivity contribution in [2.45, 2.75) is 13.5 Å². The zero-order chi connectivity index (χ0) is 22.5. The van der Waals surface area contributed by atoms with Gasteiger partial charge in [-0.05, 0) is 60.7 Å². The van der Waals surface area contributed by atoms with Crippen molar-refractivity contribution in [3.05, 3.63) is 89.7 Å². The molecule has 4 aromatic rings. The Morgan fingerprint density at radius 3 is 2.41 bits per heavy atom. The van der Waals surface area contributed by atoms with Gasteiger partial charge in [-0.1, -0.05) is 29.8 Å². The molecule has 3 aromatic carbocycles. The normalized spacial score (nSPS) is 10.6. The van der Waals surface area contributed by atoms with Crippen LogP contribution in [0.5, 0.6) is 0 Å². The Labute approximate surface area is 183 Å². The summed E-state index contributed by atoms with van der Waals surface area (Å²) in [5.74, 6) is -0.865. The summed E-state index contributed by atoms with van der Waals surface area (Å²) in [7, 11) is 0. The Hall–Kier alpha value is -4.40. The summed E-state index contributed by atoms with van der Waals surface area (Å²) in [6.45, 7) is 1.84. The summed E-state index contributed by atoms with van der Waals surface area (Å²) in [5.41, 5.74) is 3.08. The molecule has 1 aromatic heterocycles. The second-order valence-corrected chi connectivity index (χ2v) is 7.06. The van der Waals surface area contributed by atoms with Gasteiger partial charge in [-0.25, -0.2) is 4.39 Å². The van der Waals surface area contributed by atoms with E-state index in [1.54, 1.807) is 24.3 Å². The first-order valence-corrected chi connectivity index (χ1v) is 9.78. The summed E-state index contributed by atoms with van der Waals surface area (Å²) in [6.07, 6.45) is 0. The maximum atomic E-state index is 13.1. The summed E-state index contributed by atoms with van der Waals surface area (Å²) in [6, 6.07) is 19.6. The molecule has 0 atom stereocenters. The van der Waals surface area contributed by atoms with Gasteiger partial charge < -0.3 is 10.6 Å². The Kier molecular flexibility index (Phi) is 5.98. The molecule has 0 unspecified atom stereocenters. The van der Waals surface area contributed by atoms with E-state index in [0.717, 1.165) is 5.56 Å². The highest BCUT2D eigenvalue weighted by Gasteiger charge is 2.15. The lowest BCUT2D eigenvalue weighted by Gasteiger charge is -2.08. The van der Waals surface area contributed by atoms with Crippen LogP contribution in [0.25, 0.3) is 11.4 Å².